The lowest BCUT2D eigenvalue weighted by Gasteiger charge is -2.00. The van der Waals surface area contributed by atoms with Crippen LogP contribution in [-0.2, 0) is 14.1 Å². The lowest BCUT2D eigenvalue weighted by Crippen LogP contribution is -1.93. The third-order valence-electron chi connectivity index (χ3n) is 3.16. The van der Waals surface area contributed by atoms with Gasteiger partial charge < -0.3 is 9.13 Å². The summed E-state index contributed by atoms with van der Waals surface area (Å²) in [6.45, 7) is 2.14. The number of benzene rings is 1. The summed E-state index contributed by atoms with van der Waals surface area (Å²) in [7, 11) is 4.22. The molecule has 0 aliphatic heterocycles. The Labute approximate surface area is 88.7 Å². The van der Waals surface area contributed by atoms with Crippen molar-refractivity contribution in [1.29, 1.82) is 0 Å². The van der Waals surface area contributed by atoms with Crippen LogP contribution in [-0.4, -0.2) is 9.13 Å². The van der Waals surface area contributed by atoms with E-state index in [2.05, 4.69) is 60.6 Å². The normalized spacial score (nSPS) is 11.7. The van der Waals surface area contributed by atoms with Gasteiger partial charge in [0.15, 0.2) is 0 Å². The maximum atomic E-state index is 2.26. The zero-order chi connectivity index (χ0) is 10.6. The lowest BCUT2D eigenvalue weighted by molar-refractivity contribution is 0.885. The molecule has 0 saturated heterocycles. The molecule has 2 nitrogen and oxygen atoms in total. The van der Waals surface area contributed by atoms with Crippen LogP contribution in [0.25, 0.3) is 21.9 Å². The molecule has 2 aromatic heterocycles. The first-order valence-electron chi connectivity index (χ1n) is 5.18. The third kappa shape index (κ3) is 0.990. The molecule has 2 heteroatoms. The minimum Gasteiger partial charge on any atom is -0.337 e. The van der Waals surface area contributed by atoms with Crippen molar-refractivity contribution in [2.45, 2.75) is 6.92 Å². The van der Waals surface area contributed by atoms with E-state index in [-0.39, 0.29) is 0 Å². The quantitative estimate of drug-likeness (QED) is 0.525. The van der Waals surface area contributed by atoms with Gasteiger partial charge in [-0.05, 0) is 25.1 Å². The van der Waals surface area contributed by atoms with Gasteiger partial charge in [0, 0.05) is 31.1 Å². The molecule has 76 valence electrons. The number of hydrogen-bond donors (Lipinski definition) is 0. The molecule has 0 fully saturated rings. The third-order valence-corrected chi connectivity index (χ3v) is 3.16. The van der Waals surface area contributed by atoms with Gasteiger partial charge >= 0.3 is 0 Å². The summed E-state index contributed by atoms with van der Waals surface area (Å²) in [5.41, 5.74) is 3.91. The average Bonchev–Trinajstić information content (AvgIpc) is 2.70. The first-order valence-corrected chi connectivity index (χ1v) is 5.18. The second-order valence-corrected chi connectivity index (χ2v) is 4.24. The van der Waals surface area contributed by atoms with Crippen LogP contribution in [0.2, 0.25) is 0 Å². The molecular weight excluding hydrogens is 184 g/mol. The van der Waals surface area contributed by atoms with Gasteiger partial charge in [-0.3, -0.25) is 0 Å². The standard InChI is InChI=1S/C13H14N2/c1-9-4-5-12-11(8-9)10-6-7-14(2)13(10)15(12)3/h4-8H,1-3H3. The predicted octanol–water partition coefficient (Wildman–Crippen LogP) is 2.98. The van der Waals surface area contributed by atoms with Crippen LogP contribution < -0.4 is 0 Å². The van der Waals surface area contributed by atoms with E-state index in [1.165, 1.54) is 27.5 Å². The highest BCUT2D eigenvalue weighted by atomic mass is 15.1. The summed E-state index contributed by atoms with van der Waals surface area (Å²) in [5, 5.41) is 2.70. The zero-order valence-electron chi connectivity index (χ0n) is 9.28. The van der Waals surface area contributed by atoms with E-state index < -0.39 is 0 Å². The molecular formula is C13H14N2. The summed E-state index contributed by atoms with van der Waals surface area (Å²) in [6, 6.07) is 8.82. The molecule has 3 aromatic rings. The van der Waals surface area contributed by atoms with Gasteiger partial charge in [0.05, 0.1) is 5.52 Å². The van der Waals surface area contributed by atoms with Crippen LogP contribution in [0.1, 0.15) is 5.56 Å². The van der Waals surface area contributed by atoms with Crippen LogP contribution in [0.4, 0.5) is 0 Å². The van der Waals surface area contributed by atoms with Crippen molar-refractivity contribution in [1.82, 2.24) is 9.13 Å². The van der Waals surface area contributed by atoms with Crippen molar-refractivity contribution in [3.05, 3.63) is 36.0 Å². The van der Waals surface area contributed by atoms with E-state index in [4.69, 9.17) is 0 Å². The fourth-order valence-electron chi connectivity index (χ4n) is 2.42. The molecule has 0 atom stereocenters. The molecule has 0 N–H and O–H groups in total. The Kier molecular flexibility index (Phi) is 1.52. The summed E-state index contributed by atoms with van der Waals surface area (Å²) < 4.78 is 4.43. The van der Waals surface area contributed by atoms with Crippen molar-refractivity contribution in [2.24, 2.45) is 14.1 Å². The highest BCUT2D eigenvalue weighted by Crippen LogP contribution is 2.28. The largest absolute Gasteiger partial charge is 0.337 e. The van der Waals surface area contributed by atoms with Crippen LogP contribution in [0, 0.1) is 6.92 Å². The Bertz CT molecular complexity index is 656. The van der Waals surface area contributed by atoms with Crippen LogP contribution in [0.3, 0.4) is 0 Å². The van der Waals surface area contributed by atoms with E-state index in [0.29, 0.717) is 0 Å². The van der Waals surface area contributed by atoms with Crippen molar-refractivity contribution in [3.8, 4) is 0 Å². The number of fused-ring (bicyclic) bond motifs is 3. The van der Waals surface area contributed by atoms with Crippen molar-refractivity contribution < 1.29 is 0 Å². The number of nitrogens with zero attached hydrogens (tertiary/aromatic N) is 2. The summed E-state index contributed by atoms with van der Waals surface area (Å²) in [4.78, 5) is 0. The van der Waals surface area contributed by atoms with Gasteiger partial charge in [0.25, 0.3) is 0 Å². The van der Waals surface area contributed by atoms with E-state index in [1.807, 2.05) is 0 Å². The number of aromatic nitrogens is 2. The van der Waals surface area contributed by atoms with Crippen LogP contribution in [0.15, 0.2) is 30.5 Å². The van der Waals surface area contributed by atoms with E-state index in [9.17, 15) is 0 Å². The maximum Gasteiger partial charge on any atom is 0.120 e. The first-order chi connectivity index (χ1) is 7.18. The summed E-state index contributed by atoms with van der Waals surface area (Å²) in [6.07, 6.45) is 2.12. The lowest BCUT2D eigenvalue weighted by atomic mass is 10.1. The Hall–Kier alpha value is -1.70. The molecule has 0 aliphatic carbocycles. The molecule has 0 unspecified atom stereocenters. The zero-order valence-corrected chi connectivity index (χ0v) is 9.28. The highest BCUT2D eigenvalue weighted by Gasteiger charge is 2.10. The van der Waals surface area contributed by atoms with Crippen LogP contribution >= 0.6 is 0 Å². The molecule has 0 bridgehead atoms. The highest BCUT2D eigenvalue weighted by molar-refractivity contribution is 6.07. The summed E-state index contributed by atoms with van der Waals surface area (Å²) >= 11 is 0. The maximum absolute atomic E-state index is 2.26. The fraction of sp³-hybridized carbons (Fsp3) is 0.231. The molecule has 0 radical (unpaired) electrons. The van der Waals surface area contributed by atoms with Gasteiger partial charge in [0.2, 0.25) is 0 Å². The minimum atomic E-state index is 1.29. The second kappa shape index (κ2) is 2.66. The van der Waals surface area contributed by atoms with E-state index in [0.717, 1.165) is 0 Å². The molecule has 0 aliphatic rings. The smallest absolute Gasteiger partial charge is 0.120 e. The van der Waals surface area contributed by atoms with Gasteiger partial charge in [-0.2, -0.15) is 0 Å². The molecule has 15 heavy (non-hydrogen) atoms. The topological polar surface area (TPSA) is 9.86 Å². The number of aryl methyl sites for hydroxylation is 3. The van der Waals surface area contributed by atoms with Gasteiger partial charge in [0.1, 0.15) is 5.65 Å². The van der Waals surface area contributed by atoms with E-state index in [1.54, 1.807) is 0 Å². The SMILES string of the molecule is Cc1ccc2c(c1)c1ccn(C)c1n2C. The molecule has 0 spiro atoms. The van der Waals surface area contributed by atoms with Gasteiger partial charge in [-0.1, -0.05) is 11.6 Å². The average molecular weight is 198 g/mol. The monoisotopic (exact) mass is 198 g/mol. The van der Waals surface area contributed by atoms with Crippen molar-refractivity contribution in [2.75, 3.05) is 0 Å². The number of rotatable bonds is 0. The molecule has 0 saturated carbocycles. The minimum absolute atomic E-state index is 1.29. The Balaban J connectivity index is 2.64. The van der Waals surface area contributed by atoms with Gasteiger partial charge in [-0.15, -0.1) is 0 Å². The van der Waals surface area contributed by atoms with Crippen molar-refractivity contribution in [3.63, 3.8) is 0 Å². The molecule has 2 heterocycles. The Morgan fingerprint density at radius 1 is 1.00 bits per heavy atom. The Morgan fingerprint density at radius 2 is 1.80 bits per heavy atom. The Morgan fingerprint density at radius 3 is 2.60 bits per heavy atom. The molecule has 0 amide bonds. The molecule has 3 rings (SSSR count). The van der Waals surface area contributed by atoms with Gasteiger partial charge in [-0.25, -0.2) is 0 Å². The van der Waals surface area contributed by atoms with Crippen LogP contribution in [0.5, 0.6) is 0 Å². The fourth-order valence-corrected chi connectivity index (χ4v) is 2.42. The second-order valence-electron chi connectivity index (χ2n) is 4.24. The number of hydrogen-bond acceptors (Lipinski definition) is 0. The predicted molar refractivity (Wildman–Crippen MR) is 64.1 cm³/mol. The van der Waals surface area contributed by atoms with E-state index >= 15 is 0 Å². The van der Waals surface area contributed by atoms with Crippen molar-refractivity contribution >= 4 is 21.9 Å². The first kappa shape index (κ1) is 8.60. The summed E-state index contributed by atoms with van der Waals surface area (Å²) in [5.74, 6) is 0. The molecule has 1 aromatic carbocycles.